The number of carboxylic acids is 1. The van der Waals surface area contributed by atoms with Crippen LogP contribution < -0.4 is 0 Å². The largest absolute Gasteiger partial charge is 0.481 e. The Kier molecular flexibility index (Phi) is 5.44. The van der Waals surface area contributed by atoms with Gasteiger partial charge in [0.25, 0.3) is 0 Å². The van der Waals surface area contributed by atoms with Crippen LogP contribution in [0, 0.1) is 5.92 Å². The number of carbonyl (C=O) groups is 1. The lowest BCUT2D eigenvalue weighted by atomic mass is 9.94. The Morgan fingerprint density at radius 3 is 2.26 bits per heavy atom. The van der Waals surface area contributed by atoms with Crippen LogP contribution in [0.1, 0.15) is 30.6 Å². The van der Waals surface area contributed by atoms with Gasteiger partial charge in [0, 0.05) is 19.7 Å². The van der Waals surface area contributed by atoms with Crippen LogP contribution in [0.5, 0.6) is 0 Å². The van der Waals surface area contributed by atoms with Crippen molar-refractivity contribution in [2.24, 2.45) is 5.92 Å². The van der Waals surface area contributed by atoms with Gasteiger partial charge in [-0.2, -0.15) is 0 Å². The number of rotatable bonds is 5. The lowest BCUT2D eigenvalue weighted by molar-refractivity contribution is -0.139. The topological polar surface area (TPSA) is 60.8 Å². The lowest BCUT2D eigenvalue weighted by Crippen LogP contribution is -2.20. The molecule has 0 aromatic heterocycles. The summed E-state index contributed by atoms with van der Waals surface area (Å²) in [6, 6.07) is 7.26. The van der Waals surface area contributed by atoms with E-state index in [2.05, 4.69) is 0 Å². The van der Waals surface area contributed by atoms with E-state index in [1.54, 1.807) is 19.1 Å². The molecule has 1 aromatic carbocycles. The summed E-state index contributed by atoms with van der Waals surface area (Å²) >= 11 is 5.25. The molecule has 4 nitrogen and oxygen atoms in total. The third-order valence-electron chi connectivity index (χ3n) is 2.94. The monoisotopic (exact) mass is 281 g/mol. The molecule has 0 aliphatic heterocycles. The van der Waals surface area contributed by atoms with Gasteiger partial charge < -0.3 is 15.1 Å². The van der Waals surface area contributed by atoms with Gasteiger partial charge >= 0.3 is 5.97 Å². The van der Waals surface area contributed by atoms with Crippen LogP contribution in [-0.2, 0) is 4.79 Å². The zero-order valence-electron chi connectivity index (χ0n) is 11.3. The molecule has 0 aliphatic carbocycles. The number of hydrogen-bond donors (Lipinski definition) is 2. The second-order valence-corrected chi connectivity index (χ2v) is 5.23. The normalized spacial score (nSPS) is 13.7. The number of carboxylic acid groups (broad SMARTS) is 1. The molecule has 0 saturated carbocycles. The summed E-state index contributed by atoms with van der Waals surface area (Å²) in [7, 11) is 3.75. The molecule has 0 heterocycles. The van der Waals surface area contributed by atoms with E-state index in [1.807, 2.05) is 31.1 Å². The molecular weight excluding hydrogens is 262 g/mol. The fraction of sp³-hybridized carbons (Fsp3) is 0.429. The maximum Gasteiger partial charge on any atom is 0.303 e. The van der Waals surface area contributed by atoms with E-state index in [1.165, 1.54) is 0 Å². The number of benzene rings is 1. The summed E-state index contributed by atoms with van der Waals surface area (Å²) < 4.78 is 0. The Labute approximate surface area is 118 Å². The van der Waals surface area contributed by atoms with Gasteiger partial charge in [-0.1, -0.05) is 43.4 Å². The molecule has 0 bridgehead atoms. The molecule has 5 heteroatoms. The average Bonchev–Trinajstić information content (AvgIpc) is 2.36. The van der Waals surface area contributed by atoms with Crippen molar-refractivity contribution in [3.8, 4) is 0 Å². The minimum Gasteiger partial charge on any atom is -0.481 e. The maximum absolute atomic E-state index is 10.6. The minimum atomic E-state index is -0.906. The standard InChI is InChI=1S/C14H19NO3S/c1-9(8-12(16)17)13(18)10-4-6-11(7-5-10)14(19)15(2)3/h4-7,9,13,18H,8H2,1-3H3,(H,16,17). The predicted molar refractivity (Wildman–Crippen MR) is 78.2 cm³/mol. The Morgan fingerprint density at radius 1 is 1.32 bits per heavy atom. The Morgan fingerprint density at radius 2 is 1.84 bits per heavy atom. The number of aliphatic hydroxyl groups excluding tert-OH is 1. The Bertz CT molecular complexity index is 456. The van der Waals surface area contributed by atoms with Crippen molar-refractivity contribution in [1.29, 1.82) is 0 Å². The number of hydrogen-bond acceptors (Lipinski definition) is 3. The molecule has 104 valence electrons. The van der Waals surface area contributed by atoms with Crippen LogP contribution in [0.4, 0.5) is 0 Å². The second kappa shape index (κ2) is 6.63. The van der Waals surface area contributed by atoms with Gasteiger partial charge in [-0.15, -0.1) is 0 Å². The fourth-order valence-corrected chi connectivity index (χ4v) is 1.93. The Hall–Kier alpha value is -1.46. The highest BCUT2D eigenvalue weighted by Crippen LogP contribution is 2.24. The zero-order valence-corrected chi connectivity index (χ0v) is 12.1. The molecule has 0 fully saturated rings. The average molecular weight is 281 g/mol. The first-order valence-electron chi connectivity index (χ1n) is 6.04. The molecule has 0 aliphatic rings. The molecule has 0 saturated heterocycles. The molecule has 1 aromatic rings. The highest BCUT2D eigenvalue weighted by atomic mass is 32.1. The van der Waals surface area contributed by atoms with Crippen LogP contribution in [0.2, 0.25) is 0 Å². The summed E-state index contributed by atoms with van der Waals surface area (Å²) in [5, 5.41) is 18.8. The van der Waals surface area contributed by atoms with Gasteiger partial charge in [0.05, 0.1) is 12.5 Å². The summed E-state index contributed by atoms with van der Waals surface area (Å²) in [6.45, 7) is 1.72. The van der Waals surface area contributed by atoms with Gasteiger partial charge in [0.1, 0.15) is 4.99 Å². The van der Waals surface area contributed by atoms with E-state index in [-0.39, 0.29) is 12.3 Å². The van der Waals surface area contributed by atoms with Gasteiger partial charge in [-0.05, 0) is 11.5 Å². The molecule has 2 atom stereocenters. The quantitative estimate of drug-likeness (QED) is 0.809. The molecule has 0 spiro atoms. The van der Waals surface area contributed by atoms with Crippen LogP contribution in [0.25, 0.3) is 0 Å². The number of nitrogens with zero attached hydrogens (tertiary/aromatic N) is 1. The second-order valence-electron chi connectivity index (χ2n) is 4.84. The van der Waals surface area contributed by atoms with Crippen LogP contribution in [-0.4, -0.2) is 40.2 Å². The van der Waals surface area contributed by atoms with Crippen molar-refractivity contribution >= 4 is 23.2 Å². The Balaban J connectivity index is 2.81. The van der Waals surface area contributed by atoms with Crippen LogP contribution >= 0.6 is 12.2 Å². The van der Waals surface area contributed by atoms with Crippen molar-refractivity contribution in [3.63, 3.8) is 0 Å². The summed E-state index contributed by atoms with van der Waals surface area (Å²) in [4.78, 5) is 13.2. The van der Waals surface area contributed by atoms with Crippen molar-refractivity contribution < 1.29 is 15.0 Å². The van der Waals surface area contributed by atoms with E-state index in [9.17, 15) is 9.90 Å². The van der Waals surface area contributed by atoms with E-state index < -0.39 is 12.1 Å². The first kappa shape index (κ1) is 15.6. The molecule has 2 unspecified atom stereocenters. The van der Waals surface area contributed by atoms with Crippen LogP contribution in [0.15, 0.2) is 24.3 Å². The minimum absolute atomic E-state index is 0.0565. The maximum atomic E-state index is 10.6. The number of aliphatic hydroxyl groups is 1. The highest BCUT2D eigenvalue weighted by Gasteiger charge is 2.19. The molecule has 19 heavy (non-hydrogen) atoms. The van der Waals surface area contributed by atoms with Crippen molar-refractivity contribution in [2.75, 3.05) is 14.1 Å². The zero-order chi connectivity index (χ0) is 14.6. The predicted octanol–water partition coefficient (Wildman–Crippen LogP) is 2.07. The molecule has 0 radical (unpaired) electrons. The van der Waals surface area contributed by atoms with Gasteiger partial charge in [0.15, 0.2) is 0 Å². The van der Waals surface area contributed by atoms with E-state index in [4.69, 9.17) is 17.3 Å². The number of thiocarbonyl (C=S) groups is 1. The van der Waals surface area contributed by atoms with Crippen LogP contribution in [0.3, 0.4) is 0 Å². The van der Waals surface area contributed by atoms with Crippen molar-refractivity contribution in [1.82, 2.24) is 4.90 Å². The third-order valence-corrected chi connectivity index (χ3v) is 3.54. The lowest BCUT2D eigenvalue weighted by Gasteiger charge is -2.19. The summed E-state index contributed by atoms with van der Waals surface area (Å²) in [6.07, 6.45) is -0.836. The van der Waals surface area contributed by atoms with Gasteiger partial charge in [-0.25, -0.2) is 0 Å². The highest BCUT2D eigenvalue weighted by molar-refractivity contribution is 7.80. The summed E-state index contributed by atoms with van der Waals surface area (Å²) in [5.74, 6) is -1.24. The van der Waals surface area contributed by atoms with Crippen molar-refractivity contribution in [3.05, 3.63) is 35.4 Å². The fourth-order valence-electron chi connectivity index (χ4n) is 1.80. The molecular formula is C14H19NO3S. The number of aliphatic carboxylic acids is 1. The summed E-state index contributed by atoms with van der Waals surface area (Å²) in [5.41, 5.74) is 1.61. The van der Waals surface area contributed by atoms with E-state index in [0.29, 0.717) is 5.56 Å². The SMILES string of the molecule is CC(CC(=O)O)C(O)c1ccc(C(=S)N(C)C)cc1. The van der Waals surface area contributed by atoms with E-state index in [0.717, 1.165) is 10.6 Å². The van der Waals surface area contributed by atoms with E-state index >= 15 is 0 Å². The molecule has 1 rings (SSSR count). The molecule has 2 N–H and O–H groups in total. The van der Waals surface area contributed by atoms with Crippen molar-refractivity contribution in [2.45, 2.75) is 19.4 Å². The molecule has 0 amide bonds. The first-order valence-corrected chi connectivity index (χ1v) is 6.45. The van der Waals surface area contributed by atoms with Gasteiger partial charge in [0.2, 0.25) is 0 Å². The van der Waals surface area contributed by atoms with Gasteiger partial charge in [-0.3, -0.25) is 4.79 Å². The first-order chi connectivity index (χ1) is 8.82. The third kappa shape index (κ3) is 4.29. The smallest absolute Gasteiger partial charge is 0.303 e.